The molecule has 32 heavy (non-hydrogen) atoms. The summed E-state index contributed by atoms with van der Waals surface area (Å²) in [5.41, 5.74) is 1.96. The van der Waals surface area contributed by atoms with Crippen molar-refractivity contribution in [1.82, 2.24) is 5.32 Å². The molecule has 0 spiro atoms. The first-order valence-electron chi connectivity index (χ1n) is 10.2. The number of ether oxygens (including phenoxy) is 1. The van der Waals surface area contributed by atoms with Crippen LogP contribution in [0.3, 0.4) is 0 Å². The summed E-state index contributed by atoms with van der Waals surface area (Å²) in [5.74, 6) is -0.555. The van der Waals surface area contributed by atoms with E-state index in [1.54, 1.807) is 60.7 Å². The molecular weight excluding hydrogens is 431 g/mol. The van der Waals surface area contributed by atoms with E-state index in [4.69, 9.17) is 4.74 Å². The fourth-order valence-corrected chi connectivity index (χ4v) is 5.14. The van der Waals surface area contributed by atoms with E-state index in [1.165, 1.54) is 16.4 Å². The van der Waals surface area contributed by atoms with Gasteiger partial charge in [-0.3, -0.25) is 9.10 Å². The van der Waals surface area contributed by atoms with Gasteiger partial charge in [0.25, 0.3) is 5.91 Å². The Morgan fingerprint density at radius 1 is 0.969 bits per heavy atom. The summed E-state index contributed by atoms with van der Waals surface area (Å²) in [7, 11) is -3.75. The average Bonchev–Trinajstić information content (AvgIpc) is 2.80. The summed E-state index contributed by atoms with van der Waals surface area (Å²) in [4.78, 5) is 12.8. The number of nitrogens with zero attached hydrogens (tertiary/aromatic N) is 1. The van der Waals surface area contributed by atoms with Crippen molar-refractivity contribution in [2.75, 3.05) is 17.4 Å². The Morgan fingerprint density at radius 3 is 2.41 bits per heavy atom. The van der Waals surface area contributed by atoms with Crippen molar-refractivity contribution in [1.29, 1.82) is 0 Å². The number of sulfonamides is 1. The van der Waals surface area contributed by atoms with Crippen molar-refractivity contribution < 1.29 is 22.3 Å². The van der Waals surface area contributed by atoms with Crippen molar-refractivity contribution in [3.8, 4) is 5.75 Å². The van der Waals surface area contributed by atoms with E-state index in [-0.39, 0.29) is 18.1 Å². The molecule has 3 aromatic carbocycles. The molecule has 1 amide bonds. The van der Waals surface area contributed by atoms with Gasteiger partial charge in [-0.2, -0.15) is 0 Å². The van der Waals surface area contributed by atoms with Crippen LogP contribution < -0.4 is 14.4 Å². The van der Waals surface area contributed by atoms with Crippen LogP contribution in [0.15, 0.2) is 78.9 Å². The van der Waals surface area contributed by atoms with Gasteiger partial charge in [0, 0.05) is 6.54 Å². The molecule has 1 aliphatic rings. The number of hydrogen-bond donors (Lipinski definition) is 1. The lowest BCUT2D eigenvalue weighted by Gasteiger charge is -2.34. The van der Waals surface area contributed by atoms with Crippen LogP contribution in [-0.4, -0.2) is 33.5 Å². The zero-order valence-corrected chi connectivity index (χ0v) is 18.1. The minimum Gasteiger partial charge on any atom is -0.476 e. The Labute approximate surface area is 186 Å². The molecule has 0 saturated heterocycles. The third kappa shape index (κ3) is 5.08. The highest BCUT2D eigenvalue weighted by molar-refractivity contribution is 7.92. The van der Waals surface area contributed by atoms with Gasteiger partial charge in [0.1, 0.15) is 11.6 Å². The molecule has 0 fully saturated rings. The molecule has 0 aromatic heterocycles. The van der Waals surface area contributed by atoms with Gasteiger partial charge in [0.15, 0.2) is 6.10 Å². The molecule has 0 saturated carbocycles. The van der Waals surface area contributed by atoms with Crippen LogP contribution in [0.4, 0.5) is 10.1 Å². The summed E-state index contributed by atoms with van der Waals surface area (Å²) in [5, 5.41) is 2.79. The van der Waals surface area contributed by atoms with Crippen molar-refractivity contribution in [2.45, 2.75) is 18.3 Å². The Kier molecular flexibility index (Phi) is 6.41. The average molecular weight is 455 g/mol. The number of rotatable bonds is 7. The van der Waals surface area contributed by atoms with Gasteiger partial charge in [-0.15, -0.1) is 0 Å². The maximum atomic E-state index is 13.2. The van der Waals surface area contributed by atoms with Crippen LogP contribution >= 0.6 is 0 Å². The molecule has 6 nitrogen and oxygen atoms in total. The van der Waals surface area contributed by atoms with E-state index in [1.807, 2.05) is 6.07 Å². The monoisotopic (exact) mass is 454 g/mol. The number of anilines is 1. The van der Waals surface area contributed by atoms with Crippen LogP contribution in [0.1, 0.15) is 11.1 Å². The fraction of sp³-hybridized carbons (Fsp3) is 0.208. The fourth-order valence-electron chi connectivity index (χ4n) is 3.56. The number of carbonyl (C=O) groups excluding carboxylic acids is 1. The third-order valence-corrected chi connectivity index (χ3v) is 6.90. The zero-order valence-electron chi connectivity index (χ0n) is 17.3. The van der Waals surface area contributed by atoms with E-state index in [0.717, 1.165) is 5.56 Å². The number of hydrogen-bond acceptors (Lipinski definition) is 4. The van der Waals surface area contributed by atoms with Crippen molar-refractivity contribution in [2.24, 2.45) is 0 Å². The second-order valence-electron chi connectivity index (χ2n) is 7.51. The molecule has 0 unspecified atom stereocenters. The lowest BCUT2D eigenvalue weighted by atomic mass is 10.1. The molecule has 1 atom stereocenters. The first-order valence-corrected chi connectivity index (χ1v) is 11.9. The topological polar surface area (TPSA) is 75.7 Å². The van der Waals surface area contributed by atoms with Gasteiger partial charge >= 0.3 is 0 Å². The summed E-state index contributed by atoms with van der Waals surface area (Å²) in [6.07, 6.45) is -0.464. The standard InChI is InChI=1S/C24H23FN2O4S/c25-20-12-10-18(11-13-20)14-15-26-24(28)23-16-27(21-8-4-5-9-22(21)31-23)32(29,30)17-19-6-2-1-3-7-19/h1-13,23H,14-17H2,(H,26,28)/t23-/m0/s1. The maximum absolute atomic E-state index is 13.2. The summed E-state index contributed by atoms with van der Waals surface area (Å²) < 4.78 is 46.5. The molecule has 8 heteroatoms. The van der Waals surface area contributed by atoms with Crippen molar-refractivity contribution >= 4 is 21.6 Å². The number of para-hydroxylation sites is 2. The molecule has 0 radical (unpaired) electrons. The Bertz CT molecular complexity index is 1180. The molecule has 1 heterocycles. The van der Waals surface area contributed by atoms with Crippen LogP contribution in [0.2, 0.25) is 0 Å². The van der Waals surface area contributed by atoms with E-state index >= 15 is 0 Å². The van der Waals surface area contributed by atoms with E-state index in [9.17, 15) is 17.6 Å². The Balaban J connectivity index is 1.47. The predicted octanol–water partition coefficient (Wildman–Crippen LogP) is 3.28. The van der Waals surface area contributed by atoms with Gasteiger partial charge in [0.05, 0.1) is 18.0 Å². The normalized spacial score (nSPS) is 15.5. The number of nitrogens with one attached hydrogen (secondary N) is 1. The van der Waals surface area contributed by atoms with E-state index < -0.39 is 22.0 Å². The molecular formula is C24H23FN2O4S. The van der Waals surface area contributed by atoms with Crippen molar-refractivity contribution in [3.05, 3.63) is 95.8 Å². The summed E-state index contributed by atoms with van der Waals surface area (Å²) in [6, 6.07) is 21.7. The second-order valence-corrected chi connectivity index (χ2v) is 9.41. The van der Waals surface area contributed by atoms with Gasteiger partial charge in [-0.25, -0.2) is 12.8 Å². The number of halogens is 1. The summed E-state index contributed by atoms with van der Waals surface area (Å²) >= 11 is 0. The van der Waals surface area contributed by atoms with E-state index in [2.05, 4.69) is 5.32 Å². The highest BCUT2D eigenvalue weighted by Gasteiger charge is 2.36. The maximum Gasteiger partial charge on any atom is 0.263 e. The minimum absolute atomic E-state index is 0.117. The van der Waals surface area contributed by atoms with Crippen molar-refractivity contribution in [3.63, 3.8) is 0 Å². The molecule has 0 bridgehead atoms. The van der Waals surface area contributed by atoms with Crippen LogP contribution in [0.5, 0.6) is 5.75 Å². The smallest absolute Gasteiger partial charge is 0.263 e. The number of amides is 1. The molecule has 1 N–H and O–H groups in total. The molecule has 166 valence electrons. The lowest BCUT2D eigenvalue weighted by Crippen LogP contribution is -2.51. The SMILES string of the molecule is O=C(NCCc1ccc(F)cc1)[C@@H]1CN(S(=O)(=O)Cc2ccccc2)c2ccccc2O1. The Hall–Kier alpha value is -3.39. The first-order chi connectivity index (χ1) is 15.4. The molecule has 0 aliphatic carbocycles. The lowest BCUT2D eigenvalue weighted by molar-refractivity contribution is -0.127. The minimum atomic E-state index is -3.75. The van der Waals surface area contributed by atoms with Gasteiger partial charge in [-0.1, -0.05) is 54.6 Å². The first kappa shape index (κ1) is 21.8. The van der Waals surface area contributed by atoms with Gasteiger partial charge in [-0.05, 0) is 41.8 Å². The molecule has 1 aliphatic heterocycles. The number of fused-ring (bicyclic) bond motifs is 1. The molecule has 4 rings (SSSR count). The Morgan fingerprint density at radius 2 is 1.66 bits per heavy atom. The van der Waals surface area contributed by atoms with Crippen LogP contribution in [0.25, 0.3) is 0 Å². The van der Waals surface area contributed by atoms with Crippen LogP contribution in [-0.2, 0) is 27.0 Å². The predicted molar refractivity (Wildman–Crippen MR) is 120 cm³/mol. The quantitative estimate of drug-likeness (QED) is 0.595. The van der Waals surface area contributed by atoms with E-state index in [0.29, 0.717) is 30.0 Å². The number of carbonyl (C=O) groups is 1. The molecule has 3 aromatic rings. The van der Waals surface area contributed by atoms with Gasteiger partial charge < -0.3 is 10.1 Å². The number of benzene rings is 3. The summed E-state index contributed by atoms with van der Waals surface area (Å²) in [6.45, 7) is 0.206. The highest BCUT2D eigenvalue weighted by Crippen LogP contribution is 2.35. The zero-order chi connectivity index (χ0) is 22.6. The van der Waals surface area contributed by atoms with Gasteiger partial charge in [0.2, 0.25) is 10.0 Å². The van der Waals surface area contributed by atoms with Crippen LogP contribution in [0, 0.1) is 5.82 Å². The second kappa shape index (κ2) is 9.40. The largest absolute Gasteiger partial charge is 0.476 e. The third-order valence-electron chi connectivity index (χ3n) is 5.18. The highest BCUT2D eigenvalue weighted by atomic mass is 32.2.